The van der Waals surface area contributed by atoms with Crippen molar-refractivity contribution in [3.8, 4) is 0 Å². The van der Waals surface area contributed by atoms with Crippen LogP contribution in [-0.2, 0) is 20.8 Å². The maximum atomic E-state index is 12.4. The molecule has 0 saturated carbocycles. The molecular weight excluding hydrogens is 324 g/mol. The highest BCUT2D eigenvalue weighted by atomic mass is 35.5. The Balaban J connectivity index is 1.98. The van der Waals surface area contributed by atoms with Gasteiger partial charge in [-0.2, -0.15) is 0 Å². The Morgan fingerprint density at radius 2 is 2.00 bits per heavy atom. The van der Waals surface area contributed by atoms with Gasteiger partial charge in [-0.3, -0.25) is 14.4 Å². The lowest BCUT2D eigenvalue weighted by Gasteiger charge is -2.22. The van der Waals surface area contributed by atoms with E-state index in [0.29, 0.717) is 25.3 Å². The molecule has 1 aromatic rings. The number of carbonyl (C=O) groups is 3. The summed E-state index contributed by atoms with van der Waals surface area (Å²) in [5.74, 6) is -0.825. The zero-order chi connectivity index (χ0) is 17.0. The van der Waals surface area contributed by atoms with Gasteiger partial charge < -0.3 is 20.1 Å². The van der Waals surface area contributed by atoms with Crippen LogP contribution in [0, 0.1) is 5.92 Å². The summed E-state index contributed by atoms with van der Waals surface area (Å²) in [5, 5.41) is 3.79. The predicted molar refractivity (Wildman–Crippen MR) is 81.4 cm³/mol. The van der Waals surface area contributed by atoms with Gasteiger partial charge in [0.25, 0.3) is 0 Å². The van der Waals surface area contributed by atoms with Crippen LogP contribution in [0.4, 0.5) is 0 Å². The van der Waals surface area contributed by atoms with Gasteiger partial charge in [0.05, 0.1) is 5.92 Å². The minimum Gasteiger partial charge on any atom is -0.369 e. The Hall–Kier alpha value is -2.09. The van der Waals surface area contributed by atoms with Crippen molar-refractivity contribution in [2.45, 2.75) is 19.8 Å². The molecule has 1 aliphatic rings. The summed E-state index contributed by atoms with van der Waals surface area (Å²) in [4.78, 5) is 38.5. The molecule has 0 aromatic carbocycles. The lowest BCUT2D eigenvalue weighted by atomic mass is 10.1. The Morgan fingerprint density at radius 1 is 1.35 bits per heavy atom. The fourth-order valence-corrected chi connectivity index (χ4v) is 2.66. The monoisotopic (exact) mass is 342 g/mol. The molecule has 23 heavy (non-hydrogen) atoms. The Bertz CT molecular complexity index is 603. The fourth-order valence-electron chi connectivity index (χ4n) is 2.50. The molecule has 1 fully saturated rings. The van der Waals surface area contributed by atoms with E-state index in [1.807, 2.05) is 0 Å². The van der Waals surface area contributed by atoms with Gasteiger partial charge in [0, 0.05) is 52.0 Å². The molecule has 0 radical (unpaired) electrons. The smallest absolute Gasteiger partial charge is 0.224 e. The molecule has 2 N–H and O–H groups in total. The van der Waals surface area contributed by atoms with E-state index in [0.717, 1.165) is 0 Å². The second kappa shape index (κ2) is 7.45. The van der Waals surface area contributed by atoms with E-state index < -0.39 is 11.8 Å². The molecule has 126 valence electrons. The molecule has 0 bridgehead atoms. The van der Waals surface area contributed by atoms with Crippen LogP contribution in [0.25, 0.3) is 0 Å². The minimum absolute atomic E-state index is 0.130. The highest BCUT2D eigenvalue weighted by molar-refractivity contribution is 6.29. The number of amides is 3. The molecule has 0 unspecified atom stereocenters. The summed E-state index contributed by atoms with van der Waals surface area (Å²) in [6.07, 6.45) is 0.573. The zero-order valence-corrected chi connectivity index (χ0v) is 13.6. The number of carbonyl (C=O) groups excluding carboxylic acids is 3. The van der Waals surface area contributed by atoms with Gasteiger partial charge in [0.15, 0.2) is 5.15 Å². The number of nitrogens with zero attached hydrogens (tertiary/aromatic N) is 3. The van der Waals surface area contributed by atoms with E-state index in [-0.39, 0.29) is 36.5 Å². The van der Waals surface area contributed by atoms with Gasteiger partial charge in [-0.05, 0) is 0 Å². The number of hydrogen-bond donors (Lipinski definition) is 1. The quantitative estimate of drug-likeness (QED) is 0.831. The third kappa shape index (κ3) is 4.69. The van der Waals surface area contributed by atoms with E-state index in [1.165, 1.54) is 6.92 Å². The number of aromatic nitrogens is 1. The van der Waals surface area contributed by atoms with E-state index in [4.69, 9.17) is 21.9 Å². The van der Waals surface area contributed by atoms with E-state index >= 15 is 0 Å². The Morgan fingerprint density at radius 3 is 2.57 bits per heavy atom. The summed E-state index contributed by atoms with van der Waals surface area (Å²) in [6, 6.07) is 1.56. The molecular formula is C14H19ClN4O4. The van der Waals surface area contributed by atoms with Crippen molar-refractivity contribution < 1.29 is 18.9 Å². The first-order chi connectivity index (χ1) is 10.9. The second-order valence-electron chi connectivity index (χ2n) is 5.52. The van der Waals surface area contributed by atoms with Crippen LogP contribution in [0.3, 0.4) is 0 Å². The van der Waals surface area contributed by atoms with Crippen molar-refractivity contribution in [3.05, 3.63) is 17.0 Å². The summed E-state index contributed by atoms with van der Waals surface area (Å²) in [5.41, 5.74) is 5.38. The lowest BCUT2D eigenvalue weighted by Crippen LogP contribution is -2.40. The maximum Gasteiger partial charge on any atom is 0.224 e. The Labute approximate surface area is 138 Å². The topological polar surface area (TPSA) is 110 Å². The third-order valence-electron chi connectivity index (χ3n) is 3.84. The normalized spacial score (nSPS) is 18.6. The van der Waals surface area contributed by atoms with Gasteiger partial charge in [-0.1, -0.05) is 16.8 Å². The van der Waals surface area contributed by atoms with Gasteiger partial charge in [0.1, 0.15) is 5.76 Å². The summed E-state index contributed by atoms with van der Waals surface area (Å²) in [6.45, 7) is 2.66. The van der Waals surface area contributed by atoms with Crippen LogP contribution in [-0.4, -0.2) is 58.9 Å². The number of nitrogens with two attached hydrogens (primary N) is 1. The van der Waals surface area contributed by atoms with E-state index in [2.05, 4.69) is 5.16 Å². The number of rotatable bonds is 4. The predicted octanol–water partition coefficient (Wildman–Crippen LogP) is 0.0528. The molecule has 3 amide bonds. The molecule has 0 spiro atoms. The molecule has 1 saturated heterocycles. The van der Waals surface area contributed by atoms with Crippen molar-refractivity contribution in [1.29, 1.82) is 0 Å². The lowest BCUT2D eigenvalue weighted by molar-refractivity contribution is -0.132. The number of aryl methyl sites for hydroxylation is 1. The van der Waals surface area contributed by atoms with Crippen molar-refractivity contribution in [1.82, 2.24) is 15.0 Å². The van der Waals surface area contributed by atoms with E-state index in [1.54, 1.807) is 15.9 Å². The van der Waals surface area contributed by atoms with Gasteiger partial charge in [-0.25, -0.2) is 0 Å². The Kier molecular flexibility index (Phi) is 5.59. The van der Waals surface area contributed by atoms with E-state index in [9.17, 15) is 14.4 Å². The highest BCUT2D eigenvalue weighted by Crippen LogP contribution is 2.14. The minimum atomic E-state index is -0.565. The first kappa shape index (κ1) is 17.3. The molecule has 8 nitrogen and oxygen atoms in total. The van der Waals surface area contributed by atoms with Crippen LogP contribution in [0.1, 0.15) is 19.1 Å². The number of hydrogen-bond acceptors (Lipinski definition) is 5. The second-order valence-corrected chi connectivity index (χ2v) is 5.91. The van der Waals surface area contributed by atoms with Crippen molar-refractivity contribution in [2.75, 3.05) is 26.2 Å². The fraction of sp³-hybridized carbons (Fsp3) is 0.571. The molecule has 2 rings (SSSR count). The maximum absolute atomic E-state index is 12.4. The highest BCUT2D eigenvalue weighted by Gasteiger charge is 2.29. The van der Waals surface area contributed by atoms with Crippen LogP contribution >= 0.6 is 11.6 Å². The van der Waals surface area contributed by atoms with Crippen LogP contribution in [0.2, 0.25) is 5.15 Å². The largest absolute Gasteiger partial charge is 0.369 e. The average molecular weight is 343 g/mol. The summed E-state index contributed by atoms with van der Waals surface area (Å²) < 4.78 is 4.95. The number of halogens is 1. The summed E-state index contributed by atoms with van der Waals surface area (Å²) >= 11 is 5.66. The molecule has 0 aliphatic carbocycles. The molecule has 1 atom stereocenters. The SMILES string of the molecule is CC(=O)N1CCN(C(=O)CCc2cc(Cl)no2)C[C@@H](C(N)=O)C1. The molecule has 9 heteroatoms. The van der Waals surface area contributed by atoms with Crippen molar-refractivity contribution >= 4 is 29.3 Å². The van der Waals surface area contributed by atoms with Crippen LogP contribution < -0.4 is 5.73 Å². The first-order valence-electron chi connectivity index (χ1n) is 7.30. The standard InChI is InChI=1S/C14H19ClN4O4/c1-9(20)18-4-5-19(8-10(7-18)14(16)22)13(21)3-2-11-6-12(15)17-23-11/h6,10H,2-5,7-8H2,1H3,(H2,16,22)/t10-/m0/s1. The zero-order valence-electron chi connectivity index (χ0n) is 12.8. The molecule has 1 aliphatic heterocycles. The molecule has 1 aromatic heterocycles. The number of primary amides is 1. The third-order valence-corrected chi connectivity index (χ3v) is 4.02. The van der Waals surface area contributed by atoms with Gasteiger partial charge in [0.2, 0.25) is 17.7 Å². The van der Waals surface area contributed by atoms with Crippen molar-refractivity contribution in [2.24, 2.45) is 11.7 Å². The molecule has 2 heterocycles. The first-order valence-corrected chi connectivity index (χ1v) is 7.68. The summed E-state index contributed by atoms with van der Waals surface area (Å²) in [7, 11) is 0. The van der Waals surface area contributed by atoms with Gasteiger partial charge >= 0.3 is 0 Å². The average Bonchev–Trinajstić information content (AvgIpc) is 2.77. The van der Waals surface area contributed by atoms with Gasteiger partial charge in [-0.15, -0.1) is 0 Å². The van der Waals surface area contributed by atoms with Crippen LogP contribution in [0.15, 0.2) is 10.6 Å². The van der Waals surface area contributed by atoms with Crippen molar-refractivity contribution in [3.63, 3.8) is 0 Å². The van der Waals surface area contributed by atoms with Crippen LogP contribution in [0.5, 0.6) is 0 Å².